The fourth-order valence-corrected chi connectivity index (χ4v) is 3.82. The van der Waals surface area contributed by atoms with E-state index >= 15 is 0 Å². The number of carbonyl (C=O) groups excluding carboxylic acids is 1. The van der Waals surface area contributed by atoms with Gasteiger partial charge in [-0.25, -0.2) is 23.2 Å². The molecule has 0 atom stereocenters. The van der Waals surface area contributed by atoms with Gasteiger partial charge in [-0.05, 0) is 41.5 Å². The molecule has 0 spiro atoms. The fraction of sp³-hybridized carbons (Fsp3) is 0.706. The summed E-state index contributed by atoms with van der Waals surface area (Å²) >= 11 is 0. The first-order chi connectivity index (χ1) is 11.7. The molecule has 0 aromatic carbocycles. The van der Waals surface area contributed by atoms with Gasteiger partial charge in [0, 0.05) is 37.7 Å². The predicted octanol–water partition coefficient (Wildman–Crippen LogP) is 2.02. The summed E-state index contributed by atoms with van der Waals surface area (Å²) in [7, 11) is -3.44. The van der Waals surface area contributed by atoms with Crippen LogP contribution in [0.4, 0.5) is 10.7 Å². The number of sulfone groups is 1. The largest absolute Gasteiger partial charge is 0.444 e. The van der Waals surface area contributed by atoms with Crippen molar-refractivity contribution in [2.24, 2.45) is 0 Å². The van der Waals surface area contributed by atoms with Crippen LogP contribution in [0.1, 0.15) is 40.2 Å². The van der Waals surface area contributed by atoms with E-state index in [2.05, 4.69) is 9.97 Å². The zero-order valence-corrected chi connectivity index (χ0v) is 17.3. The Morgan fingerprint density at radius 3 is 2.38 bits per heavy atom. The molecule has 1 aromatic heterocycles. The van der Waals surface area contributed by atoms with Crippen LogP contribution in [0.25, 0.3) is 0 Å². The number of carbonyl (C=O) groups is 1. The maximum atomic E-state index is 12.3. The molecule has 26 heavy (non-hydrogen) atoms. The molecule has 0 unspecified atom stereocenters. The van der Waals surface area contributed by atoms with Gasteiger partial charge in [-0.15, -0.1) is 0 Å². The van der Waals surface area contributed by atoms with Gasteiger partial charge in [0.25, 0.3) is 0 Å². The third kappa shape index (κ3) is 4.63. The summed E-state index contributed by atoms with van der Waals surface area (Å²) in [5, 5.41) is 0.0351. The number of piperazine rings is 1. The summed E-state index contributed by atoms with van der Waals surface area (Å²) in [4.78, 5) is 24.5. The van der Waals surface area contributed by atoms with Crippen LogP contribution in [0, 0.1) is 6.92 Å². The minimum Gasteiger partial charge on any atom is -0.444 e. The molecular weight excluding hydrogens is 356 g/mol. The van der Waals surface area contributed by atoms with Crippen molar-refractivity contribution < 1.29 is 17.9 Å². The Bertz CT molecular complexity index is 799. The third-order valence-corrected chi connectivity index (χ3v) is 5.17. The molecule has 2 heterocycles. The highest BCUT2D eigenvalue weighted by atomic mass is 32.2. The molecule has 9 heteroatoms. The van der Waals surface area contributed by atoms with E-state index in [0.717, 1.165) is 6.26 Å². The number of hydrogen-bond acceptors (Lipinski definition) is 7. The van der Waals surface area contributed by atoms with Crippen molar-refractivity contribution >= 4 is 21.9 Å². The van der Waals surface area contributed by atoms with Gasteiger partial charge in [-0.3, -0.25) is 0 Å². The van der Waals surface area contributed by atoms with Crippen LogP contribution in [0.5, 0.6) is 0 Å². The molecule has 1 aromatic rings. The summed E-state index contributed by atoms with van der Waals surface area (Å²) in [6.07, 6.45) is 2.30. The van der Waals surface area contributed by atoms with Gasteiger partial charge in [-0.2, -0.15) is 0 Å². The number of nitrogens with zero attached hydrogens (tertiary/aromatic N) is 4. The average molecular weight is 385 g/mol. The molecule has 1 fully saturated rings. The van der Waals surface area contributed by atoms with E-state index in [1.807, 2.05) is 39.5 Å². The van der Waals surface area contributed by atoms with E-state index in [0.29, 0.717) is 31.1 Å². The Kier molecular flexibility index (Phi) is 5.24. The molecular formula is C17H28N4O4S. The highest BCUT2D eigenvalue weighted by Gasteiger charge is 2.38. The lowest BCUT2D eigenvalue weighted by molar-refractivity contribution is 0.0178. The average Bonchev–Trinajstić information content (AvgIpc) is 2.44. The third-order valence-electron chi connectivity index (χ3n) is 4.06. The van der Waals surface area contributed by atoms with Crippen molar-refractivity contribution in [3.8, 4) is 0 Å². The summed E-state index contributed by atoms with van der Waals surface area (Å²) < 4.78 is 29.3. The monoisotopic (exact) mass is 384 g/mol. The molecule has 0 radical (unpaired) electrons. The molecule has 0 bridgehead atoms. The first kappa shape index (κ1) is 20.4. The van der Waals surface area contributed by atoms with Crippen molar-refractivity contribution in [3.63, 3.8) is 0 Å². The lowest BCUT2D eigenvalue weighted by Gasteiger charge is -2.47. The number of aromatic nitrogens is 2. The van der Waals surface area contributed by atoms with Crippen LogP contribution in [-0.2, 0) is 14.6 Å². The minimum absolute atomic E-state index is 0.0351. The Balaban J connectivity index is 2.25. The Morgan fingerprint density at radius 1 is 1.27 bits per heavy atom. The first-order valence-electron chi connectivity index (χ1n) is 8.50. The van der Waals surface area contributed by atoms with Crippen LogP contribution in [-0.4, -0.2) is 66.4 Å². The van der Waals surface area contributed by atoms with Gasteiger partial charge in [0.2, 0.25) is 5.95 Å². The van der Waals surface area contributed by atoms with E-state index < -0.39 is 21.0 Å². The topological polar surface area (TPSA) is 92.7 Å². The van der Waals surface area contributed by atoms with Crippen LogP contribution in [0.15, 0.2) is 11.2 Å². The van der Waals surface area contributed by atoms with Gasteiger partial charge in [-0.1, -0.05) is 0 Å². The van der Waals surface area contributed by atoms with Crippen molar-refractivity contribution in [1.29, 1.82) is 0 Å². The highest BCUT2D eigenvalue weighted by Crippen LogP contribution is 2.27. The molecule has 0 aliphatic carbocycles. The summed E-state index contributed by atoms with van der Waals surface area (Å²) in [6, 6.07) is 0. The van der Waals surface area contributed by atoms with Crippen LogP contribution < -0.4 is 4.90 Å². The second-order valence-electron chi connectivity index (χ2n) is 8.30. The quantitative estimate of drug-likeness (QED) is 0.720. The number of rotatable bonds is 2. The summed E-state index contributed by atoms with van der Waals surface area (Å²) in [6.45, 7) is 12.5. The smallest absolute Gasteiger partial charge is 0.410 e. The van der Waals surface area contributed by atoms with E-state index in [9.17, 15) is 13.2 Å². The lowest BCUT2D eigenvalue weighted by atomic mass is 9.99. The van der Waals surface area contributed by atoms with Crippen LogP contribution in [0.3, 0.4) is 0 Å². The molecule has 2 rings (SSSR count). The van der Waals surface area contributed by atoms with Crippen LogP contribution in [0.2, 0.25) is 0 Å². The number of amides is 1. The van der Waals surface area contributed by atoms with Crippen molar-refractivity contribution in [2.45, 2.75) is 57.7 Å². The molecule has 1 aliphatic heterocycles. The Hall–Kier alpha value is -1.90. The minimum atomic E-state index is -3.44. The molecule has 0 saturated carbocycles. The van der Waals surface area contributed by atoms with Gasteiger partial charge in [0.1, 0.15) is 5.60 Å². The second-order valence-corrected chi connectivity index (χ2v) is 10.2. The number of hydrogen-bond donors (Lipinski definition) is 0. The van der Waals surface area contributed by atoms with Gasteiger partial charge >= 0.3 is 6.09 Å². The lowest BCUT2D eigenvalue weighted by Crippen LogP contribution is -2.61. The molecule has 8 nitrogen and oxygen atoms in total. The first-order valence-corrected chi connectivity index (χ1v) is 10.4. The van der Waals surface area contributed by atoms with Gasteiger partial charge in [0.05, 0.1) is 5.54 Å². The van der Waals surface area contributed by atoms with E-state index in [4.69, 9.17) is 4.74 Å². The van der Waals surface area contributed by atoms with Crippen molar-refractivity contribution in [3.05, 3.63) is 11.8 Å². The SMILES string of the molecule is Cc1cnc(N2CCN(C(=O)OC(C)(C)C)CC2(C)C)nc1S(C)(=O)=O. The maximum absolute atomic E-state index is 12.3. The molecule has 1 aliphatic rings. The Morgan fingerprint density at radius 2 is 1.88 bits per heavy atom. The van der Waals surface area contributed by atoms with Gasteiger partial charge in [0.15, 0.2) is 14.9 Å². The zero-order valence-electron chi connectivity index (χ0n) is 16.5. The molecule has 0 N–H and O–H groups in total. The molecule has 146 valence electrons. The number of anilines is 1. The van der Waals surface area contributed by atoms with E-state index in [1.165, 1.54) is 6.20 Å². The van der Waals surface area contributed by atoms with Crippen LogP contribution >= 0.6 is 0 Å². The van der Waals surface area contributed by atoms with Crippen molar-refractivity contribution in [1.82, 2.24) is 14.9 Å². The summed E-state index contributed by atoms with van der Waals surface area (Å²) in [5.74, 6) is 0.352. The Labute approximate surface area is 155 Å². The number of ether oxygens (including phenoxy) is 1. The second kappa shape index (κ2) is 6.68. The number of aryl methyl sites for hydroxylation is 1. The fourth-order valence-electron chi connectivity index (χ4n) is 2.93. The van der Waals surface area contributed by atoms with Gasteiger partial charge < -0.3 is 14.5 Å². The molecule has 1 saturated heterocycles. The normalized spacial score (nSPS) is 18.0. The maximum Gasteiger partial charge on any atom is 0.410 e. The van der Waals surface area contributed by atoms with E-state index in [1.54, 1.807) is 11.8 Å². The summed E-state index contributed by atoms with van der Waals surface area (Å²) in [5.41, 5.74) is -0.511. The van der Waals surface area contributed by atoms with Crippen molar-refractivity contribution in [2.75, 3.05) is 30.8 Å². The van der Waals surface area contributed by atoms with E-state index in [-0.39, 0.29) is 11.1 Å². The highest BCUT2D eigenvalue weighted by molar-refractivity contribution is 7.90. The zero-order chi connectivity index (χ0) is 19.9. The standard InChI is InChI=1S/C17H28N4O4S/c1-12-10-18-14(19-13(12)26(7,23)24)21-9-8-20(11-17(21,5)6)15(22)25-16(2,3)4/h10H,8-9,11H2,1-7H3. The molecule has 1 amide bonds. The predicted molar refractivity (Wildman–Crippen MR) is 99.1 cm³/mol.